The fourth-order valence-corrected chi connectivity index (χ4v) is 1.58. The maximum Gasteiger partial charge on any atom is 0.192 e. The molecule has 0 unspecified atom stereocenters. The third-order valence-corrected chi connectivity index (χ3v) is 2.37. The number of guanidine groups is 1. The molecular weight excluding hydrogens is 198 g/mol. The third-order valence-electron chi connectivity index (χ3n) is 2.37. The van der Waals surface area contributed by atoms with Crippen molar-refractivity contribution >= 4 is 5.96 Å². The van der Waals surface area contributed by atoms with Crippen LogP contribution in [0.1, 0.15) is 60.8 Å². The first-order valence-electron chi connectivity index (χ1n) is 6.40. The summed E-state index contributed by atoms with van der Waals surface area (Å²) in [4.78, 5) is 6.73. The molecule has 0 saturated heterocycles. The molecule has 0 radical (unpaired) electrons. The van der Waals surface area contributed by atoms with Crippen molar-refractivity contribution in [2.45, 2.75) is 72.4 Å². The Balaban J connectivity index is 4.47. The number of nitrogens with two attached hydrogens (primary N) is 1. The summed E-state index contributed by atoms with van der Waals surface area (Å²) >= 11 is 0. The van der Waals surface area contributed by atoms with Gasteiger partial charge in [0.25, 0.3) is 0 Å². The molecule has 0 heterocycles. The van der Waals surface area contributed by atoms with E-state index in [1.54, 1.807) is 0 Å². The maximum atomic E-state index is 6.06. The van der Waals surface area contributed by atoms with E-state index < -0.39 is 0 Å². The Morgan fingerprint density at radius 1 is 1.25 bits per heavy atom. The van der Waals surface area contributed by atoms with Crippen LogP contribution in [0.15, 0.2) is 4.99 Å². The lowest BCUT2D eigenvalue weighted by atomic mass is 10.1. The highest BCUT2D eigenvalue weighted by Gasteiger charge is 2.15. The van der Waals surface area contributed by atoms with Gasteiger partial charge < -0.3 is 10.6 Å². The van der Waals surface area contributed by atoms with Crippen molar-refractivity contribution < 1.29 is 0 Å². The second-order valence-corrected chi connectivity index (χ2v) is 5.64. The summed E-state index contributed by atoms with van der Waals surface area (Å²) in [5, 5.41) is 0. The number of aliphatic imine (C=N–C) groups is 1. The van der Waals surface area contributed by atoms with Crippen LogP contribution in [0, 0.1) is 0 Å². The van der Waals surface area contributed by atoms with E-state index in [-0.39, 0.29) is 5.54 Å². The van der Waals surface area contributed by atoms with E-state index in [0.717, 1.165) is 6.54 Å². The first kappa shape index (κ1) is 15.3. The van der Waals surface area contributed by atoms with Gasteiger partial charge in [0.2, 0.25) is 0 Å². The quantitative estimate of drug-likeness (QED) is 0.445. The molecule has 0 aromatic heterocycles. The highest BCUT2D eigenvalue weighted by molar-refractivity contribution is 5.78. The Morgan fingerprint density at radius 2 is 1.81 bits per heavy atom. The van der Waals surface area contributed by atoms with Gasteiger partial charge in [-0.15, -0.1) is 0 Å². The van der Waals surface area contributed by atoms with Gasteiger partial charge in [0.05, 0.1) is 5.54 Å². The van der Waals surface area contributed by atoms with Crippen molar-refractivity contribution in [3.05, 3.63) is 0 Å². The van der Waals surface area contributed by atoms with Crippen molar-refractivity contribution in [1.29, 1.82) is 0 Å². The monoisotopic (exact) mass is 227 g/mol. The van der Waals surface area contributed by atoms with Gasteiger partial charge in [0.15, 0.2) is 5.96 Å². The summed E-state index contributed by atoms with van der Waals surface area (Å²) in [5.41, 5.74) is 5.97. The zero-order valence-electron chi connectivity index (χ0n) is 11.9. The van der Waals surface area contributed by atoms with E-state index in [1.807, 2.05) is 0 Å². The average Bonchev–Trinajstić information content (AvgIpc) is 2.08. The molecule has 3 heteroatoms. The molecular formula is C13H29N3. The Bertz CT molecular complexity index is 214. The topological polar surface area (TPSA) is 41.6 Å². The van der Waals surface area contributed by atoms with Crippen LogP contribution in [-0.2, 0) is 0 Å². The lowest BCUT2D eigenvalue weighted by Gasteiger charge is -2.29. The SMILES string of the molecule is CCCCCN(C(N)=NC(C)(C)C)C(C)C. The molecule has 0 atom stereocenters. The van der Waals surface area contributed by atoms with Gasteiger partial charge in [-0.05, 0) is 41.0 Å². The number of nitrogens with zero attached hydrogens (tertiary/aromatic N) is 2. The van der Waals surface area contributed by atoms with Crippen LogP contribution in [0.2, 0.25) is 0 Å². The van der Waals surface area contributed by atoms with Gasteiger partial charge >= 0.3 is 0 Å². The molecule has 96 valence electrons. The molecule has 2 N–H and O–H groups in total. The molecule has 0 aliphatic carbocycles. The van der Waals surface area contributed by atoms with Gasteiger partial charge in [-0.2, -0.15) is 0 Å². The Kier molecular flexibility index (Phi) is 6.46. The molecule has 0 saturated carbocycles. The summed E-state index contributed by atoms with van der Waals surface area (Å²) in [6.45, 7) is 13.8. The van der Waals surface area contributed by atoms with Gasteiger partial charge in [0, 0.05) is 12.6 Å². The number of hydrogen-bond acceptors (Lipinski definition) is 1. The van der Waals surface area contributed by atoms with Crippen LogP contribution in [0.25, 0.3) is 0 Å². The van der Waals surface area contributed by atoms with E-state index in [9.17, 15) is 0 Å². The predicted molar refractivity (Wildman–Crippen MR) is 72.7 cm³/mol. The molecule has 0 aromatic rings. The fraction of sp³-hybridized carbons (Fsp3) is 0.923. The van der Waals surface area contributed by atoms with Crippen molar-refractivity contribution in [2.24, 2.45) is 10.7 Å². The zero-order valence-corrected chi connectivity index (χ0v) is 11.9. The molecule has 3 nitrogen and oxygen atoms in total. The fourth-order valence-electron chi connectivity index (χ4n) is 1.58. The molecule has 0 bridgehead atoms. The number of unbranched alkanes of at least 4 members (excludes halogenated alkanes) is 2. The molecule has 16 heavy (non-hydrogen) atoms. The zero-order chi connectivity index (χ0) is 12.8. The second kappa shape index (κ2) is 6.77. The summed E-state index contributed by atoms with van der Waals surface area (Å²) in [6.07, 6.45) is 3.68. The van der Waals surface area contributed by atoms with E-state index >= 15 is 0 Å². The average molecular weight is 227 g/mol. The second-order valence-electron chi connectivity index (χ2n) is 5.64. The molecule has 0 rings (SSSR count). The molecule has 0 spiro atoms. The molecule has 0 aliphatic rings. The minimum atomic E-state index is -0.0953. The first-order valence-corrected chi connectivity index (χ1v) is 6.40. The minimum Gasteiger partial charge on any atom is -0.370 e. The van der Waals surface area contributed by atoms with Crippen molar-refractivity contribution in [1.82, 2.24) is 4.90 Å². The first-order chi connectivity index (χ1) is 7.28. The van der Waals surface area contributed by atoms with Crippen LogP contribution >= 0.6 is 0 Å². The molecule has 0 aliphatic heterocycles. The van der Waals surface area contributed by atoms with E-state index in [1.165, 1.54) is 19.3 Å². The lowest BCUT2D eigenvalue weighted by Crippen LogP contribution is -2.44. The van der Waals surface area contributed by atoms with Crippen LogP contribution in [0.5, 0.6) is 0 Å². The standard InChI is InChI=1S/C13H29N3/c1-7-8-9-10-16(11(2)3)12(14)15-13(4,5)6/h11H,7-10H2,1-6H3,(H2,14,15). The number of rotatable bonds is 5. The van der Waals surface area contributed by atoms with Crippen LogP contribution in [-0.4, -0.2) is 29.0 Å². The van der Waals surface area contributed by atoms with E-state index in [4.69, 9.17) is 5.73 Å². The summed E-state index contributed by atoms with van der Waals surface area (Å²) in [5.74, 6) is 0.679. The summed E-state index contributed by atoms with van der Waals surface area (Å²) in [6, 6.07) is 0.419. The third kappa shape index (κ3) is 6.70. The minimum absolute atomic E-state index is 0.0953. The lowest BCUT2D eigenvalue weighted by molar-refractivity contribution is 0.332. The smallest absolute Gasteiger partial charge is 0.192 e. The largest absolute Gasteiger partial charge is 0.370 e. The summed E-state index contributed by atoms with van der Waals surface area (Å²) in [7, 11) is 0. The van der Waals surface area contributed by atoms with E-state index in [2.05, 4.69) is 51.4 Å². The maximum absolute atomic E-state index is 6.06. The summed E-state index contributed by atoms with van der Waals surface area (Å²) < 4.78 is 0. The van der Waals surface area contributed by atoms with Crippen LogP contribution in [0.3, 0.4) is 0 Å². The number of hydrogen-bond donors (Lipinski definition) is 1. The van der Waals surface area contributed by atoms with E-state index in [0.29, 0.717) is 12.0 Å². The van der Waals surface area contributed by atoms with Crippen molar-refractivity contribution in [3.63, 3.8) is 0 Å². The van der Waals surface area contributed by atoms with Gasteiger partial charge in [-0.3, -0.25) is 0 Å². The van der Waals surface area contributed by atoms with Crippen molar-refractivity contribution in [2.75, 3.05) is 6.54 Å². The molecule has 0 amide bonds. The predicted octanol–water partition coefficient (Wildman–Crippen LogP) is 3.00. The van der Waals surface area contributed by atoms with Gasteiger partial charge in [0.1, 0.15) is 0 Å². The molecule has 0 fully saturated rings. The van der Waals surface area contributed by atoms with Crippen LogP contribution in [0.4, 0.5) is 0 Å². The Hall–Kier alpha value is -0.730. The van der Waals surface area contributed by atoms with Gasteiger partial charge in [-0.1, -0.05) is 19.8 Å². The normalized spacial score (nSPS) is 13.3. The Labute approximate surface area is 101 Å². The highest BCUT2D eigenvalue weighted by Crippen LogP contribution is 2.09. The van der Waals surface area contributed by atoms with Crippen LogP contribution < -0.4 is 5.73 Å². The Morgan fingerprint density at radius 3 is 2.19 bits per heavy atom. The molecule has 0 aromatic carbocycles. The highest BCUT2D eigenvalue weighted by atomic mass is 15.3. The van der Waals surface area contributed by atoms with Gasteiger partial charge in [-0.25, -0.2) is 4.99 Å². The van der Waals surface area contributed by atoms with Crippen molar-refractivity contribution in [3.8, 4) is 0 Å².